The van der Waals surface area contributed by atoms with Crippen molar-refractivity contribution in [3.63, 3.8) is 0 Å². The molecule has 0 bridgehead atoms. The lowest BCUT2D eigenvalue weighted by atomic mass is 9.73. The molecule has 1 aromatic rings. The van der Waals surface area contributed by atoms with Crippen LogP contribution in [0.2, 0.25) is 5.02 Å². The van der Waals surface area contributed by atoms with E-state index in [2.05, 4.69) is 55.5 Å². The molecule has 4 N–H and O–H groups in total. The Kier molecular flexibility index (Phi) is 9.05. The van der Waals surface area contributed by atoms with Crippen molar-refractivity contribution >= 4 is 61.2 Å². The predicted octanol–water partition coefficient (Wildman–Crippen LogP) is 4.12. The molecule has 3 amide bonds. The normalized spacial score (nSPS) is 24.0. The summed E-state index contributed by atoms with van der Waals surface area (Å²) >= 11 is 13.9. The highest BCUT2D eigenvalue weighted by Crippen LogP contribution is 2.47. The highest BCUT2D eigenvalue weighted by Gasteiger charge is 2.40. The zero-order chi connectivity index (χ0) is 27.7. The molecule has 1 aromatic carbocycles. The van der Waals surface area contributed by atoms with Gasteiger partial charge in [-0.25, -0.2) is 5.84 Å². The molecule has 0 aromatic heterocycles. The summed E-state index contributed by atoms with van der Waals surface area (Å²) in [5, 5.41) is 4.43. The Morgan fingerprint density at radius 2 is 1.72 bits per heavy atom. The molecule has 2 atom stereocenters. The van der Waals surface area contributed by atoms with E-state index in [1.54, 1.807) is 0 Å². The number of benzene rings is 1. The SMILES string of the molecule is NNC(=O)C(=O)N1CCC(CC(=O)N2CCC([C@@H]3c4c(Br)cc(Cl)cc4CCC4=CC(Br)=CNC43)CC2)CC1. The number of carbonyl (C=O) groups is 3. The maximum Gasteiger partial charge on any atom is 0.323 e. The van der Waals surface area contributed by atoms with Gasteiger partial charge in [0.1, 0.15) is 0 Å². The van der Waals surface area contributed by atoms with E-state index in [4.69, 9.17) is 17.4 Å². The van der Waals surface area contributed by atoms with Gasteiger partial charge in [0.15, 0.2) is 0 Å². The van der Waals surface area contributed by atoms with Crippen LogP contribution in [0.5, 0.6) is 0 Å². The number of hydrogen-bond donors (Lipinski definition) is 3. The van der Waals surface area contributed by atoms with E-state index < -0.39 is 11.8 Å². The summed E-state index contributed by atoms with van der Waals surface area (Å²) in [6, 6.07) is 4.34. The predicted molar refractivity (Wildman–Crippen MR) is 158 cm³/mol. The van der Waals surface area contributed by atoms with Crippen LogP contribution in [0.3, 0.4) is 0 Å². The minimum Gasteiger partial charge on any atom is -0.383 e. The lowest BCUT2D eigenvalue weighted by Gasteiger charge is -2.41. The third kappa shape index (κ3) is 6.24. The molecular weight excluding hydrogens is 650 g/mol. The number of rotatable bonds is 3. The first-order valence-corrected chi connectivity index (χ1v) is 15.6. The second-order valence-electron chi connectivity index (χ2n) is 11.0. The molecule has 210 valence electrons. The molecule has 1 unspecified atom stereocenters. The minimum absolute atomic E-state index is 0.190. The number of amides is 3. The highest BCUT2D eigenvalue weighted by molar-refractivity contribution is 9.12. The molecular formula is C28H34Br2ClN5O3. The first kappa shape index (κ1) is 28.6. The van der Waals surface area contributed by atoms with Crippen molar-refractivity contribution in [3.8, 4) is 0 Å². The van der Waals surface area contributed by atoms with E-state index in [-0.39, 0.29) is 23.8 Å². The number of halogens is 3. The Hall–Kier alpha value is -1.88. The first-order chi connectivity index (χ1) is 18.7. The standard InChI is InChI=1S/C28H34Br2ClN5O3/c29-20-12-19-2-1-18-13-21(31)14-22(30)24(18)25(26(19)33-15-20)17-5-9-35(10-6-17)23(37)11-16-3-7-36(8-4-16)28(39)27(38)34-32/h12-17,25-26,33H,1-11,32H2,(H,34,38)/t25-,26?/m1/s1. The molecule has 39 heavy (non-hydrogen) atoms. The summed E-state index contributed by atoms with van der Waals surface area (Å²) in [4.78, 5) is 40.3. The number of hydrogen-bond acceptors (Lipinski definition) is 5. The van der Waals surface area contributed by atoms with Crippen molar-refractivity contribution in [1.29, 1.82) is 0 Å². The van der Waals surface area contributed by atoms with Gasteiger partial charge in [0, 0.05) is 58.7 Å². The highest BCUT2D eigenvalue weighted by atomic mass is 79.9. The average molecular weight is 684 g/mol. The molecule has 4 aliphatic rings. The Bertz CT molecular complexity index is 1210. The molecule has 2 saturated heterocycles. The molecule has 0 radical (unpaired) electrons. The average Bonchev–Trinajstić information content (AvgIpc) is 3.09. The largest absolute Gasteiger partial charge is 0.383 e. The van der Waals surface area contributed by atoms with E-state index in [1.165, 1.54) is 21.6 Å². The topological polar surface area (TPSA) is 108 Å². The van der Waals surface area contributed by atoms with Crippen molar-refractivity contribution < 1.29 is 14.4 Å². The van der Waals surface area contributed by atoms with Crippen LogP contribution in [0.1, 0.15) is 55.6 Å². The smallest absolute Gasteiger partial charge is 0.323 e. The van der Waals surface area contributed by atoms with Gasteiger partial charge in [-0.1, -0.05) is 27.5 Å². The minimum atomic E-state index is -0.798. The first-order valence-electron chi connectivity index (χ1n) is 13.6. The zero-order valence-electron chi connectivity index (χ0n) is 21.7. The van der Waals surface area contributed by atoms with Crippen molar-refractivity contribution in [2.75, 3.05) is 26.2 Å². The fraction of sp³-hybridized carbons (Fsp3) is 0.536. The lowest BCUT2D eigenvalue weighted by molar-refractivity contribution is -0.147. The van der Waals surface area contributed by atoms with Gasteiger partial charge in [-0.2, -0.15) is 0 Å². The summed E-state index contributed by atoms with van der Waals surface area (Å²) in [6.07, 6.45) is 10.1. The number of fused-ring (bicyclic) bond motifs is 2. The molecule has 8 nitrogen and oxygen atoms in total. The molecule has 0 spiro atoms. The van der Waals surface area contributed by atoms with Gasteiger partial charge in [0.2, 0.25) is 5.91 Å². The number of aryl methyl sites for hydroxylation is 1. The molecule has 3 heterocycles. The van der Waals surface area contributed by atoms with Crippen LogP contribution in [0.25, 0.3) is 0 Å². The van der Waals surface area contributed by atoms with Crippen molar-refractivity contribution in [3.05, 3.63) is 55.1 Å². The molecule has 3 aliphatic heterocycles. The number of nitrogens with two attached hydrogens (primary N) is 1. The second kappa shape index (κ2) is 12.3. The van der Waals surface area contributed by atoms with Crippen LogP contribution >= 0.6 is 43.5 Å². The number of dihydropyridines is 1. The van der Waals surface area contributed by atoms with E-state index >= 15 is 0 Å². The number of hydrazine groups is 1. The molecule has 11 heteroatoms. The van der Waals surface area contributed by atoms with Gasteiger partial charge in [-0.05, 0) is 101 Å². The van der Waals surface area contributed by atoms with Crippen LogP contribution < -0.4 is 16.6 Å². The fourth-order valence-electron chi connectivity index (χ4n) is 6.75. The van der Waals surface area contributed by atoms with E-state index in [0.29, 0.717) is 38.3 Å². The second-order valence-corrected chi connectivity index (χ2v) is 13.2. The molecule has 5 rings (SSSR count). The van der Waals surface area contributed by atoms with Crippen LogP contribution in [0, 0.1) is 11.8 Å². The van der Waals surface area contributed by atoms with Gasteiger partial charge in [0.25, 0.3) is 0 Å². The number of piperidine rings is 2. The summed E-state index contributed by atoms with van der Waals surface area (Å²) in [5.74, 6) is 4.80. The van der Waals surface area contributed by atoms with Gasteiger partial charge in [-0.3, -0.25) is 19.8 Å². The third-order valence-electron chi connectivity index (χ3n) is 8.77. The Morgan fingerprint density at radius 3 is 2.41 bits per heavy atom. The van der Waals surface area contributed by atoms with Crippen molar-refractivity contribution in [2.24, 2.45) is 17.7 Å². The van der Waals surface area contributed by atoms with E-state index in [1.807, 2.05) is 16.4 Å². The quantitative estimate of drug-likeness (QED) is 0.192. The number of nitrogens with one attached hydrogen (secondary N) is 2. The van der Waals surface area contributed by atoms with Gasteiger partial charge in [0.05, 0.1) is 6.04 Å². The van der Waals surface area contributed by atoms with Gasteiger partial charge in [-0.15, -0.1) is 0 Å². The number of allylic oxidation sites excluding steroid dienone is 2. The van der Waals surface area contributed by atoms with E-state index in [0.717, 1.165) is 52.8 Å². The van der Waals surface area contributed by atoms with Crippen LogP contribution in [-0.4, -0.2) is 59.7 Å². The van der Waals surface area contributed by atoms with Crippen LogP contribution in [0.4, 0.5) is 0 Å². The fourth-order valence-corrected chi connectivity index (χ4v) is 8.31. The Balaban J connectivity index is 1.23. The maximum absolute atomic E-state index is 13.2. The van der Waals surface area contributed by atoms with Gasteiger partial charge >= 0.3 is 11.8 Å². The van der Waals surface area contributed by atoms with Crippen molar-refractivity contribution in [1.82, 2.24) is 20.5 Å². The van der Waals surface area contributed by atoms with Crippen LogP contribution in [0.15, 0.2) is 38.9 Å². The Labute approximate surface area is 251 Å². The molecule has 1 aliphatic carbocycles. The third-order valence-corrected chi connectivity index (χ3v) is 10.1. The number of carbonyl (C=O) groups excluding carboxylic acids is 3. The maximum atomic E-state index is 13.2. The Morgan fingerprint density at radius 1 is 1.03 bits per heavy atom. The van der Waals surface area contributed by atoms with Crippen LogP contribution in [-0.2, 0) is 20.8 Å². The lowest BCUT2D eigenvalue weighted by Crippen LogP contribution is -2.48. The van der Waals surface area contributed by atoms with Crippen molar-refractivity contribution in [2.45, 2.75) is 56.9 Å². The zero-order valence-corrected chi connectivity index (χ0v) is 25.7. The van der Waals surface area contributed by atoms with Gasteiger partial charge < -0.3 is 15.1 Å². The van der Waals surface area contributed by atoms with E-state index in [9.17, 15) is 14.4 Å². The summed E-state index contributed by atoms with van der Waals surface area (Å²) in [6.45, 7) is 2.45. The molecule has 0 saturated carbocycles. The number of likely N-dealkylation sites (tertiary alicyclic amines) is 2. The number of nitrogens with zero attached hydrogens (tertiary/aromatic N) is 2. The summed E-state index contributed by atoms with van der Waals surface area (Å²) < 4.78 is 2.13. The summed E-state index contributed by atoms with van der Waals surface area (Å²) in [7, 11) is 0. The monoisotopic (exact) mass is 681 g/mol. The summed E-state index contributed by atoms with van der Waals surface area (Å²) in [5.41, 5.74) is 5.95. The molecule has 2 fully saturated rings.